The number of nitrogens with zero attached hydrogens (tertiary/aromatic N) is 1. The van der Waals surface area contributed by atoms with Crippen molar-refractivity contribution in [2.45, 2.75) is 44.2 Å². The molecule has 0 heterocycles. The lowest BCUT2D eigenvalue weighted by Crippen LogP contribution is -2.48. The van der Waals surface area contributed by atoms with Gasteiger partial charge in [0.1, 0.15) is 6.04 Å². The smallest absolute Gasteiger partial charge is 0.242 e. The highest BCUT2D eigenvalue weighted by Gasteiger charge is 2.26. The number of halogens is 3. The zero-order chi connectivity index (χ0) is 22.1. The van der Waals surface area contributed by atoms with Crippen molar-refractivity contribution in [2.24, 2.45) is 0 Å². The molecular weight excluding hydrogens is 463 g/mol. The zero-order valence-electron chi connectivity index (χ0n) is 17.0. The van der Waals surface area contributed by atoms with Gasteiger partial charge in [-0.1, -0.05) is 54.2 Å². The van der Waals surface area contributed by atoms with Gasteiger partial charge in [-0.15, -0.1) is 11.8 Å². The van der Waals surface area contributed by atoms with E-state index >= 15 is 0 Å². The van der Waals surface area contributed by atoms with Crippen LogP contribution in [-0.2, 0) is 16.1 Å². The first-order valence-corrected chi connectivity index (χ1v) is 11.8. The summed E-state index contributed by atoms with van der Waals surface area (Å²) in [5.74, 6) is -0.109. The van der Waals surface area contributed by atoms with Crippen molar-refractivity contribution in [2.75, 3.05) is 12.3 Å². The lowest BCUT2D eigenvalue weighted by atomic mass is 10.1. The van der Waals surface area contributed by atoms with Crippen LogP contribution in [0.4, 0.5) is 0 Å². The van der Waals surface area contributed by atoms with Gasteiger partial charge < -0.3 is 10.2 Å². The Morgan fingerprint density at radius 3 is 2.40 bits per heavy atom. The molecule has 2 amide bonds. The molecule has 0 aromatic heterocycles. The highest BCUT2D eigenvalue weighted by molar-refractivity contribution is 8.00. The summed E-state index contributed by atoms with van der Waals surface area (Å²) in [6, 6.07) is 11.9. The van der Waals surface area contributed by atoms with Gasteiger partial charge in [0.25, 0.3) is 0 Å². The third kappa shape index (κ3) is 7.69. The Balaban J connectivity index is 2.13. The van der Waals surface area contributed by atoms with Gasteiger partial charge in [0, 0.05) is 23.0 Å². The van der Waals surface area contributed by atoms with E-state index in [1.165, 1.54) is 11.8 Å². The molecule has 8 heteroatoms. The van der Waals surface area contributed by atoms with E-state index in [4.69, 9.17) is 34.8 Å². The maximum atomic E-state index is 13.1. The maximum Gasteiger partial charge on any atom is 0.242 e. The number of thioether (sulfide) groups is 1. The summed E-state index contributed by atoms with van der Waals surface area (Å²) in [5, 5.41) is 4.41. The van der Waals surface area contributed by atoms with Gasteiger partial charge in [0.05, 0.1) is 15.8 Å². The number of nitrogens with one attached hydrogen (secondary N) is 1. The summed E-state index contributed by atoms with van der Waals surface area (Å²) in [7, 11) is 0. The summed E-state index contributed by atoms with van der Waals surface area (Å²) in [6.07, 6.45) is 1.88. The number of carbonyl (C=O) groups excluding carboxylic acids is 2. The predicted molar refractivity (Wildman–Crippen MR) is 127 cm³/mol. The summed E-state index contributed by atoms with van der Waals surface area (Å²) >= 11 is 19.5. The second-order valence-electron chi connectivity index (χ2n) is 6.83. The van der Waals surface area contributed by atoms with E-state index in [0.29, 0.717) is 21.6 Å². The first kappa shape index (κ1) is 24.9. The van der Waals surface area contributed by atoms with E-state index in [9.17, 15) is 9.59 Å². The number of carbonyl (C=O) groups is 2. The van der Waals surface area contributed by atoms with Crippen molar-refractivity contribution in [3.63, 3.8) is 0 Å². The van der Waals surface area contributed by atoms with Crippen LogP contribution in [0, 0.1) is 0 Å². The fourth-order valence-electron chi connectivity index (χ4n) is 2.71. The molecule has 162 valence electrons. The van der Waals surface area contributed by atoms with Crippen molar-refractivity contribution >= 4 is 58.4 Å². The quantitative estimate of drug-likeness (QED) is 0.327. The van der Waals surface area contributed by atoms with Crippen LogP contribution < -0.4 is 5.32 Å². The van der Waals surface area contributed by atoms with Gasteiger partial charge in [-0.05, 0) is 55.3 Å². The Morgan fingerprint density at radius 2 is 1.77 bits per heavy atom. The number of benzene rings is 2. The molecular formula is C22H25Cl3N2O2S. The Hall–Kier alpha value is -1.40. The van der Waals surface area contributed by atoms with Gasteiger partial charge in [-0.25, -0.2) is 0 Å². The number of amides is 2. The van der Waals surface area contributed by atoms with Crippen molar-refractivity contribution in [3.05, 3.63) is 63.1 Å². The molecule has 0 aliphatic heterocycles. The molecule has 0 aliphatic rings. The second kappa shape index (κ2) is 12.5. The van der Waals surface area contributed by atoms with Crippen LogP contribution in [0.25, 0.3) is 0 Å². The molecule has 30 heavy (non-hydrogen) atoms. The SMILES string of the molecule is CCCCNC(=O)[C@@H](C)N(Cc1ccc(Cl)c(Cl)c1)C(=O)CSc1ccc(Cl)cc1. The largest absolute Gasteiger partial charge is 0.354 e. The molecule has 2 aromatic rings. The van der Waals surface area contributed by atoms with Crippen LogP contribution >= 0.6 is 46.6 Å². The summed E-state index contributed by atoms with van der Waals surface area (Å²) in [6.45, 7) is 4.65. The Kier molecular flexibility index (Phi) is 10.3. The van der Waals surface area contributed by atoms with Crippen LogP contribution in [0.1, 0.15) is 32.3 Å². The van der Waals surface area contributed by atoms with Crippen LogP contribution in [0.15, 0.2) is 47.4 Å². The van der Waals surface area contributed by atoms with Crippen molar-refractivity contribution in [1.82, 2.24) is 10.2 Å². The molecule has 1 N–H and O–H groups in total. The molecule has 0 saturated carbocycles. The first-order valence-electron chi connectivity index (χ1n) is 9.71. The normalized spacial score (nSPS) is 11.8. The monoisotopic (exact) mass is 486 g/mol. The molecule has 0 spiro atoms. The highest BCUT2D eigenvalue weighted by atomic mass is 35.5. The maximum absolute atomic E-state index is 13.1. The average molecular weight is 488 g/mol. The standard InChI is InChI=1S/C22H25Cl3N2O2S/c1-3-4-11-26-22(29)15(2)27(13-16-5-10-19(24)20(25)12-16)21(28)14-30-18-8-6-17(23)7-9-18/h5-10,12,15H,3-4,11,13-14H2,1-2H3,(H,26,29)/t15-/m1/s1. The van der Waals surface area contributed by atoms with E-state index in [2.05, 4.69) is 12.2 Å². The Bertz CT molecular complexity index is 862. The fraction of sp³-hybridized carbons (Fsp3) is 0.364. The lowest BCUT2D eigenvalue weighted by molar-refractivity contribution is -0.138. The molecule has 0 aliphatic carbocycles. The summed E-state index contributed by atoms with van der Waals surface area (Å²) in [5.41, 5.74) is 0.808. The topological polar surface area (TPSA) is 49.4 Å². The minimum atomic E-state index is -0.616. The first-order chi connectivity index (χ1) is 14.3. The lowest BCUT2D eigenvalue weighted by Gasteiger charge is -2.29. The molecule has 2 rings (SSSR count). The van der Waals surface area contributed by atoms with E-state index in [-0.39, 0.29) is 24.1 Å². The summed E-state index contributed by atoms with van der Waals surface area (Å²) in [4.78, 5) is 28.2. The van der Waals surface area contributed by atoms with E-state index in [1.54, 1.807) is 36.1 Å². The predicted octanol–water partition coefficient (Wildman–Crippen LogP) is 6.07. The number of hydrogen-bond donors (Lipinski definition) is 1. The highest BCUT2D eigenvalue weighted by Crippen LogP contribution is 2.25. The van der Waals surface area contributed by atoms with E-state index in [0.717, 1.165) is 23.3 Å². The molecule has 0 unspecified atom stereocenters. The third-order valence-electron chi connectivity index (χ3n) is 4.51. The third-order valence-corrected chi connectivity index (χ3v) is 6.50. The van der Waals surface area contributed by atoms with Gasteiger partial charge in [-0.3, -0.25) is 9.59 Å². The average Bonchev–Trinajstić information content (AvgIpc) is 2.73. The van der Waals surface area contributed by atoms with E-state index < -0.39 is 6.04 Å². The molecule has 0 saturated heterocycles. The van der Waals surface area contributed by atoms with Gasteiger partial charge >= 0.3 is 0 Å². The molecule has 1 atom stereocenters. The second-order valence-corrected chi connectivity index (χ2v) is 9.13. The number of hydrogen-bond acceptors (Lipinski definition) is 3. The van der Waals surface area contributed by atoms with Gasteiger partial charge in [0.2, 0.25) is 11.8 Å². The fourth-order valence-corrected chi connectivity index (χ4v) is 3.94. The Morgan fingerprint density at radius 1 is 1.07 bits per heavy atom. The Labute approximate surface area is 197 Å². The summed E-state index contributed by atoms with van der Waals surface area (Å²) < 4.78 is 0. The number of rotatable bonds is 10. The minimum Gasteiger partial charge on any atom is -0.354 e. The van der Waals surface area contributed by atoms with Crippen LogP contribution in [0.3, 0.4) is 0 Å². The molecule has 0 bridgehead atoms. The van der Waals surface area contributed by atoms with Crippen molar-refractivity contribution in [3.8, 4) is 0 Å². The molecule has 0 fully saturated rings. The molecule has 0 radical (unpaired) electrons. The molecule has 4 nitrogen and oxygen atoms in total. The molecule has 2 aromatic carbocycles. The number of unbranched alkanes of at least 4 members (excludes halogenated alkanes) is 1. The van der Waals surface area contributed by atoms with Crippen LogP contribution in [0.2, 0.25) is 15.1 Å². The minimum absolute atomic E-state index is 0.140. The van der Waals surface area contributed by atoms with E-state index in [1.807, 2.05) is 18.2 Å². The van der Waals surface area contributed by atoms with Gasteiger partial charge in [-0.2, -0.15) is 0 Å². The van der Waals surface area contributed by atoms with Crippen LogP contribution in [-0.4, -0.2) is 35.1 Å². The van der Waals surface area contributed by atoms with Crippen molar-refractivity contribution in [1.29, 1.82) is 0 Å². The van der Waals surface area contributed by atoms with Gasteiger partial charge in [0.15, 0.2) is 0 Å². The zero-order valence-corrected chi connectivity index (χ0v) is 20.0. The van der Waals surface area contributed by atoms with Crippen molar-refractivity contribution < 1.29 is 9.59 Å². The van der Waals surface area contributed by atoms with Crippen LogP contribution in [0.5, 0.6) is 0 Å².